The molecule has 5 nitrogen and oxygen atoms in total. The Morgan fingerprint density at radius 2 is 1.85 bits per heavy atom. The Labute approximate surface area is 161 Å². The van der Waals surface area contributed by atoms with Crippen LogP contribution in [0.25, 0.3) is 6.08 Å². The van der Waals surface area contributed by atoms with Gasteiger partial charge in [-0.3, -0.25) is 9.59 Å². The third-order valence-corrected chi connectivity index (χ3v) is 3.92. The Kier molecular flexibility index (Phi) is 5.74. The average Bonchev–Trinajstić information content (AvgIpc) is 3.14. The third kappa shape index (κ3) is 5.09. The lowest BCUT2D eigenvalue weighted by Gasteiger charge is -2.11. The van der Waals surface area contributed by atoms with Crippen LogP contribution in [-0.2, 0) is 4.79 Å². The van der Waals surface area contributed by atoms with Gasteiger partial charge in [0.15, 0.2) is 0 Å². The molecule has 0 bridgehead atoms. The van der Waals surface area contributed by atoms with E-state index in [9.17, 15) is 9.59 Å². The second-order valence-corrected chi connectivity index (χ2v) is 6.30. The van der Waals surface area contributed by atoms with Crippen LogP contribution in [-0.4, -0.2) is 11.8 Å². The van der Waals surface area contributed by atoms with E-state index in [0.717, 1.165) is 5.56 Å². The predicted octanol–water partition coefficient (Wildman–Crippen LogP) is 4.65. The van der Waals surface area contributed by atoms with Crippen molar-refractivity contribution in [2.75, 3.05) is 5.32 Å². The maximum Gasteiger partial charge on any atom is 0.272 e. The number of carbonyl (C=O) groups excluding carboxylic acids is 2. The first-order valence-corrected chi connectivity index (χ1v) is 8.59. The fourth-order valence-electron chi connectivity index (χ4n) is 2.42. The minimum Gasteiger partial charge on any atom is -0.465 e. The summed E-state index contributed by atoms with van der Waals surface area (Å²) in [5.74, 6) is -0.474. The van der Waals surface area contributed by atoms with E-state index in [1.54, 1.807) is 36.4 Å². The molecule has 2 amide bonds. The summed E-state index contributed by atoms with van der Waals surface area (Å²) in [7, 11) is 0. The minimum atomic E-state index is -0.465. The van der Waals surface area contributed by atoms with Crippen LogP contribution in [0.4, 0.5) is 5.69 Å². The molecule has 0 unspecified atom stereocenters. The van der Waals surface area contributed by atoms with Crippen LogP contribution in [0.15, 0.2) is 77.0 Å². The van der Waals surface area contributed by atoms with E-state index in [4.69, 9.17) is 16.0 Å². The van der Waals surface area contributed by atoms with E-state index < -0.39 is 11.8 Å². The van der Waals surface area contributed by atoms with Crippen molar-refractivity contribution < 1.29 is 14.0 Å². The van der Waals surface area contributed by atoms with Gasteiger partial charge in [-0.1, -0.05) is 29.8 Å². The average molecular weight is 381 g/mol. The molecule has 0 radical (unpaired) electrons. The van der Waals surface area contributed by atoms with Crippen molar-refractivity contribution in [3.8, 4) is 0 Å². The first-order valence-electron chi connectivity index (χ1n) is 8.21. The maximum atomic E-state index is 12.7. The number of aryl methyl sites for hydroxylation is 1. The third-order valence-electron chi connectivity index (χ3n) is 3.69. The number of hydrogen-bond acceptors (Lipinski definition) is 3. The van der Waals surface area contributed by atoms with Gasteiger partial charge in [0, 0.05) is 22.3 Å². The second kappa shape index (κ2) is 8.38. The zero-order chi connectivity index (χ0) is 19.2. The fourth-order valence-corrected chi connectivity index (χ4v) is 2.61. The zero-order valence-corrected chi connectivity index (χ0v) is 15.3. The molecule has 2 aromatic carbocycles. The highest BCUT2D eigenvalue weighted by atomic mass is 35.5. The largest absolute Gasteiger partial charge is 0.465 e. The molecule has 27 heavy (non-hydrogen) atoms. The van der Waals surface area contributed by atoms with E-state index in [0.29, 0.717) is 22.0 Å². The van der Waals surface area contributed by atoms with Gasteiger partial charge >= 0.3 is 0 Å². The van der Waals surface area contributed by atoms with E-state index >= 15 is 0 Å². The Balaban J connectivity index is 1.85. The SMILES string of the molecule is Cc1cccc(NC(=O)/C(=C\c2ccco2)NC(=O)c2cccc(Cl)c2)c1. The summed E-state index contributed by atoms with van der Waals surface area (Å²) in [4.78, 5) is 25.2. The van der Waals surface area contributed by atoms with Crippen molar-refractivity contribution in [1.82, 2.24) is 5.32 Å². The van der Waals surface area contributed by atoms with Crippen molar-refractivity contribution >= 4 is 35.2 Å². The second-order valence-electron chi connectivity index (χ2n) is 5.86. The topological polar surface area (TPSA) is 71.3 Å². The van der Waals surface area contributed by atoms with Crippen LogP contribution in [0, 0.1) is 6.92 Å². The molecule has 6 heteroatoms. The highest BCUT2D eigenvalue weighted by Crippen LogP contribution is 2.14. The summed E-state index contributed by atoms with van der Waals surface area (Å²) >= 11 is 5.94. The number of amides is 2. The molecule has 0 saturated carbocycles. The fraction of sp³-hybridized carbons (Fsp3) is 0.0476. The number of benzene rings is 2. The normalized spacial score (nSPS) is 11.1. The molecule has 3 aromatic rings. The van der Waals surface area contributed by atoms with Gasteiger partial charge in [-0.2, -0.15) is 0 Å². The smallest absolute Gasteiger partial charge is 0.272 e. The van der Waals surface area contributed by atoms with Crippen molar-refractivity contribution in [2.24, 2.45) is 0 Å². The molecule has 0 aliphatic carbocycles. The molecule has 2 N–H and O–H groups in total. The van der Waals surface area contributed by atoms with Gasteiger partial charge < -0.3 is 15.1 Å². The molecule has 3 rings (SSSR count). The molecular formula is C21H17ClN2O3. The van der Waals surface area contributed by atoms with E-state index in [-0.39, 0.29) is 5.70 Å². The van der Waals surface area contributed by atoms with Crippen LogP contribution in [0.5, 0.6) is 0 Å². The van der Waals surface area contributed by atoms with E-state index in [1.165, 1.54) is 18.4 Å². The van der Waals surface area contributed by atoms with Gasteiger partial charge in [0.2, 0.25) is 0 Å². The number of rotatable bonds is 5. The summed E-state index contributed by atoms with van der Waals surface area (Å²) in [6.45, 7) is 1.93. The molecule has 0 aliphatic heterocycles. The van der Waals surface area contributed by atoms with Gasteiger partial charge in [-0.25, -0.2) is 0 Å². The Hall–Kier alpha value is -3.31. The number of nitrogens with one attached hydrogen (secondary N) is 2. The van der Waals surface area contributed by atoms with Crippen LogP contribution in [0.3, 0.4) is 0 Å². The first-order chi connectivity index (χ1) is 13.0. The first kappa shape index (κ1) is 18.5. The molecule has 136 valence electrons. The van der Waals surface area contributed by atoms with Crippen LogP contribution >= 0.6 is 11.6 Å². The lowest BCUT2D eigenvalue weighted by atomic mass is 10.2. The van der Waals surface area contributed by atoms with Crippen LogP contribution in [0.1, 0.15) is 21.7 Å². The van der Waals surface area contributed by atoms with Gasteiger partial charge in [-0.15, -0.1) is 0 Å². The van der Waals surface area contributed by atoms with Crippen molar-refractivity contribution in [3.63, 3.8) is 0 Å². The van der Waals surface area contributed by atoms with E-state index in [1.807, 2.05) is 25.1 Å². The zero-order valence-electron chi connectivity index (χ0n) is 14.5. The number of anilines is 1. The highest BCUT2D eigenvalue weighted by molar-refractivity contribution is 6.31. The lowest BCUT2D eigenvalue weighted by molar-refractivity contribution is -0.113. The molecular weight excluding hydrogens is 364 g/mol. The summed E-state index contributed by atoms with van der Waals surface area (Å²) < 4.78 is 5.26. The number of hydrogen-bond donors (Lipinski definition) is 2. The molecule has 0 fully saturated rings. The van der Waals surface area contributed by atoms with Gasteiger partial charge in [0.1, 0.15) is 11.5 Å². The van der Waals surface area contributed by atoms with Gasteiger partial charge in [0.05, 0.1) is 6.26 Å². The summed E-state index contributed by atoms with van der Waals surface area (Å²) in [5, 5.41) is 5.83. The number of carbonyl (C=O) groups is 2. The van der Waals surface area contributed by atoms with Crippen molar-refractivity contribution in [3.05, 3.63) is 94.5 Å². The van der Waals surface area contributed by atoms with Crippen molar-refractivity contribution in [1.29, 1.82) is 0 Å². The van der Waals surface area contributed by atoms with E-state index in [2.05, 4.69) is 10.6 Å². The van der Waals surface area contributed by atoms with Gasteiger partial charge in [-0.05, 0) is 55.0 Å². The maximum absolute atomic E-state index is 12.7. The number of furan rings is 1. The summed E-state index contributed by atoms with van der Waals surface area (Å²) in [5.41, 5.74) is 2.03. The Morgan fingerprint density at radius 3 is 2.56 bits per heavy atom. The molecule has 0 atom stereocenters. The highest BCUT2D eigenvalue weighted by Gasteiger charge is 2.16. The predicted molar refractivity (Wildman–Crippen MR) is 105 cm³/mol. The molecule has 0 aliphatic rings. The monoisotopic (exact) mass is 380 g/mol. The Morgan fingerprint density at radius 1 is 1.04 bits per heavy atom. The number of halogens is 1. The van der Waals surface area contributed by atoms with Crippen LogP contribution in [0.2, 0.25) is 5.02 Å². The molecule has 0 saturated heterocycles. The molecule has 1 heterocycles. The molecule has 0 spiro atoms. The summed E-state index contributed by atoms with van der Waals surface area (Å²) in [6, 6.07) is 17.2. The Bertz CT molecular complexity index is 994. The standard InChI is InChI=1S/C21H17ClN2O3/c1-14-5-2-8-17(11-14)23-21(26)19(13-18-9-4-10-27-18)24-20(25)15-6-3-7-16(22)12-15/h2-13H,1H3,(H,23,26)(H,24,25)/b19-13+. The minimum absolute atomic E-state index is 0.0523. The van der Waals surface area contributed by atoms with Crippen LogP contribution < -0.4 is 10.6 Å². The quantitative estimate of drug-likeness (QED) is 0.633. The lowest BCUT2D eigenvalue weighted by Crippen LogP contribution is -2.30. The van der Waals surface area contributed by atoms with Crippen molar-refractivity contribution in [2.45, 2.75) is 6.92 Å². The van der Waals surface area contributed by atoms with Gasteiger partial charge in [0.25, 0.3) is 11.8 Å². The molecule has 1 aromatic heterocycles. The summed E-state index contributed by atoms with van der Waals surface area (Å²) in [6.07, 6.45) is 2.95.